The number of likely N-dealkylation sites (tertiary alicyclic amines) is 1. The Kier molecular flexibility index (Phi) is 4.26. The zero-order valence-corrected chi connectivity index (χ0v) is 10.8. The van der Waals surface area contributed by atoms with Crippen molar-refractivity contribution in [3.63, 3.8) is 0 Å². The lowest BCUT2D eigenvalue weighted by Crippen LogP contribution is -2.60. The summed E-state index contributed by atoms with van der Waals surface area (Å²) in [5.74, 6) is -0.914. The van der Waals surface area contributed by atoms with Crippen LogP contribution in [-0.4, -0.2) is 65.6 Å². The molecule has 3 N–H and O–H groups in total. The topological polar surface area (TPSA) is 99.1 Å². The minimum absolute atomic E-state index is 0.0572. The number of aliphatic hydroxyl groups is 1. The SMILES string of the molecule is O=C(NC1(C(=O)O)CCOCC1)N1CCC(CO)C1. The molecule has 7 heteroatoms. The molecule has 2 fully saturated rings. The summed E-state index contributed by atoms with van der Waals surface area (Å²) in [4.78, 5) is 25.1. The fraction of sp³-hybridized carbons (Fsp3) is 0.833. The molecule has 2 saturated heterocycles. The highest BCUT2D eigenvalue weighted by Gasteiger charge is 2.43. The van der Waals surface area contributed by atoms with E-state index in [0.29, 0.717) is 26.3 Å². The van der Waals surface area contributed by atoms with E-state index in [1.54, 1.807) is 4.90 Å². The van der Waals surface area contributed by atoms with Crippen molar-refractivity contribution in [1.29, 1.82) is 0 Å². The van der Waals surface area contributed by atoms with Gasteiger partial charge in [-0.25, -0.2) is 9.59 Å². The molecule has 0 aromatic rings. The molecule has 7 nitrogen and oxygen atoms in total. The Morgan fingerprint density at radius 3 is 2.58 bits per heavy atom. The van der Waals surface area contributed by atoms with E-state index >= 15 is 0 Å². The predicted octanol–water partition coefficient (Wildman–Crippen LogP) is -0.356. The number of aliphatic carboxylic acids is 1. The van der Waals surface area contributed by atoms with E-state index < -0.39 is 11.5 Å². The first-order valence-corrected chi connectivity index (χ1v) is 6.56. The molecule has 1 unspecified atom stereocenters. The summed E-state index contributed by atoms with van der Waals surface area (Å²) < 4.78 is 5.16. The summed E-state index contributed by atoms with van der Waals surface area (Å²) in [5, 5.41) is 21.1. The number of nitrogens with one attached hydrogen (secondary N) is 1. The first kappa shape index (κ1) is 14.1. The number of carboxylic acid groups (broad SMARTS) is 1. The summed E-state index contributed by atoms with van der Waals surface area (Å²) in [6.45, 7) is 1.77. The third-order valence-corrected chi connectivity index (χ3v) is 3.93. The van der Waals surface area contributed by atoms with E-state index in [1.165, 1.54) is 0 Å². The molecule has 2 heterocycles. The molecule has 108 valence electrons. The molecule has 0 aromatic heterocycles. The van der Waals surface area contributed by atoms with Crippen LogP contribution in [0.1, 0.15) is 19.3 Å². The van der Waals surface area contributed by atoms with Gasteiger partial charge in [-0.1, -0.05) is 0 Å². The van der Waals surface area contributed by atoms with E-state index in [9.17, 15) is 14.7 Å². The molecule has 2 amide bonds. The number of amides is 2. The first-order valence-electron chi connectivity index (χ1n) is 6.56. The van der Waals surface area contributed by atoms with Gasteiger partial charge in [0.05, 0.1) is 0 Å². The van der Waals surface area contributed by atoms with Crippen molar-refractivity contribution in [3.05, 3.63) is 0 Å². The molecule has 1 atom stereocenters. The second kappa shape index (κ2) is 5.75. The van der Waals surface area contributed by atoms with Crippen LogP contribution in [0.25, 0.3) is 0 Å². The van der Waals surface area contributed by atoms with Gasteiger partial charge in [0, 0.05) is 51.7 Å². The van der Waals surface area contributed by atoms with Crippen LogP contribution in [0.3, 0.4) is 0 Å². The van der Waals surface area contributed by atoms with E-state index in [1.807, 2.05) is 0 Å². The van der Waals surface area contributed by atoms with Crippen molar-refractivity contribution < 1.29 is 24.5 Å². The normalized spacial score (nSPS) is 26.2. The maximum atomic E-state index is 12.1. The van der Waals surface area contributed by atoms with E-state index in [0.717, 1.165) is 6.42 Å². The van der Waals surface area contributed by atoms with Gasteiger partial charge >= 0.3 is 12.0 Å². The number of hydrogen-bond donors (Lipinski definition) is 3. The summed E-state index contributed by atoms with van der Waals surface area (Å²) in [5.41, 5.74) is -1.22. The van der Waals surface area contributed by atoms with Crippen LogP contribution in [0.4, 0.5) is 4.79 Å². The lowest BCUT2D eigenvalue weighted by Gasteiger charge is -2.35. The van der Waals surface area contributed by atoms with Crippen molar-refractivity contribution in [2.24, 2.45) is 5.92 Å². The Bertz CT molecular complexity index is 354. The Hall–Kier alpha value is -1.34. The lowest BCUT2D eigenvalue weighted by molar-refractivity contribution is -0.148. The van der Waals surface area contributed by atoms with Gasteiger partial charge in [-0.2, -0.15) is 0 Å². The van der Waals surface area contributed by atoms with Gasteiger partial charge in [0.15, 0.2) is 0 Å². The summed E-state index contributed by atoms with van der Waals surface area (Å²) in [7, 11) is 0. The smallest absolute Gasteiger partial charge is 0.329 e. The molecule has 2 rings (SSSR count). The molecular formula is C12H20N2O5. The largest absolute Gasteiger partial charge is 0.480 e. The monoisotopic (exact) mass is 272 g/mol. The molecule has 2 aliphatic rings. The van der Waals surface area contributed by atoms with Crippen LogP contribution in [0.2, 0.25) is 0 Å². The molecule has 2 aliphatic heterocycles. The number of hydrogen-bond acceptors (Lipinski definition) is 4. The van der Waals surface area contributed by atoms with Crippen LogP contribution in [0, 0.1) is 5.92 Å². The Balaban J connectivity index is 1.98. The first-order chi connectivity index (χ1) is 9.07. The molecule has 19 heavy (non-hydrogen) atoms. The number of carbonyl (C=O) groups is 2. The van der Waals surface area contributed by atoms with Gasteiger partial charge in [-0.3, -0.25) is 0 Å². The predicted molar refractivity (Wildman–Crippen MR) is 65.7 cm³/mol. The average molecular weight is 272 g/mol. The highest BCUT2D eigenvalue weighted by atomic mass is 16.5. The third kappa shape index (κ3) is 2.98. The van der Waals surface area contributed by atoms with Gasteiger partial charge in [0.1, 0.15) is 5.54 Å². The molecule has 0 bridgehead atoms. The highest BCUT2D eigenvalue weighted by molar-refractivity contribution is 5.86. The second-order valence-corrected chi connectivity index (χ2v) is 5.21. The molecule has 0 aliphatic carbocycles. The molecule has 0 radical (unpaired) electrons. The Morgan fingerprint density at radius 2 is 2.05 bits per heavy atom. The quantitative estimate of drug-likeness (QED) is 0.652. The fourth-order valence-corrected chi connectivity index (χ4v) is 2.56. The third-order valence-electron chi connectivity index (χ3n) is 3.93. The second-order valence-electron chi connectivity index (χ2n) is 5.21. The zero-order valence-electron chi connectivity index (χ0n) is 10.8. The summed E-state index contributed by atoms with van der Waals surface area (Å²) in [6, 6.07) is -0.361. The Labute approximate surface area is 111 Å². The minimum atomic E-state index is -1.22. The van der Waals surface area contributed by atoms with Crippen molar-refractivity contribution in [2.45, 2.75) is 24.8 Å². The van der Waals surface area contributed by atoms with Crippen LogP contribution in [-0.2, 0) is 9.53 Å². The van der Waals surface area contributed by atoms with E-state index in [4.69, 9.17) is 9.84 Å². The van der Waals surface area contributed by atoms with Gasteiger partial charge in [0.25, 0.3) is 0 Å². The molecular weight excluding hydrogens is 252 g/mol. The minimum Gasteiger partial charge on any atom is -0.480 e. The molecule has 0 spiro atoms. The zero-order chi connectivity index (χ0) is 13.9. The lowest BCUT2D eigenvalue weighted by atomic mass is 9.90. The molecule has 0 saturated carbocycles. The highest BCUT2D eigenvalue weighted by Crippen LogP contribution is 2.23. The van der Waals surface area contributed by atoms with Crippen LogP contribution in [0.15, 0.2) is 0 Å². The van der Waals surface area contributed by atoms with Crippen molar-refractivity contribution in [1.82, 2.24) is 10.2 Å². The van der Waals surface area contributed by atoms with Crippen molar-refractivity contribution >= 4 is 12.0 Å². The van der Waals surface area contributed by atoms with Gasteiger partial charge in [-0.05, 0) is 6.42 Å². The number of ether oxygens (including phenoxy) is 1. The standard InChI is InChI=1S/C12H20N2O5/c15-8-9-1-4-14(7-9)11(18)13-12(10(16)17)2-5-19-6-3-12/h9,15H,1-8H2,(H,13,18)(H,16,17). The van der Waals surface area contributed by atoms with Crippen LogP contribution >= 0.6 is 0 Å². The Morgan fingerprint density at radius 1 is 1.37 bits per heavy atom. The number of carbonyl (C=O) groups excluding carboxylic acids is 1. The number of urea groups is 1. The maximum absolute atomic E-state index is 12.1. The van der Waals surface area contributed by atoms with Gasteiger partial charge < -0.3 is 25.2 Å². The van der Waals surface area contributed by atoms with Gasteiger partial charge in [-0.15, -0.1) is 0 Å². The van der Waals surface area contributed by atoms with Crippen LogP contribution in [0.5, 0.6) is 0 Å². The number of aliphatic hydroxyl groups excluding tert-OH is 1. The van der Waals surface area contributed by atoms with Crippen molar-refractivity contribution in [2.75, 3.05) is 32.9 Å². The average Bonchev–Trinajstić information content (AvgIpc) is 2.88. The maximum Gasteiger partial charge on any atom is 0.329 e. The number of carboxylic acids is 1. The van der Waals surface area contributed by atoms with E-state index in [2.05, 4.69) is 5.32 Å². The summed E-state index contributed by atoms with van der Waals surface area (Å²) in [6.07, 6.45) is 1.32. The fourth-order valence-electron chi connectivity index (χ4n) is 2.56. The molecule has 0 aromatic carbocycles. The van der Waals surface area contributed by atoms with E-state index in [-0.39, 0.29) is 31.4 Å². The summed E-state index contributed by atoms with van der Waals surface area (Å²) >= 11 is 0. The van der Waals surface area contributed by atoms with Crippen LogP contribution < -0.4 is 5.32 Å². The van der Waals surface area contributed by atoms with Gasteiger partial charge in [0.2, 0.25) is 0 Å². The number of nitrogens with zero attached hydrogens (tertiary/aromatic N) is 1. The number of rotatable bonds is 3. The van der Waals surface area contributed by atoms with Crippen molar-refractivity contribution in [3.8, 4) is 0 Å².